The average molecular weight is 561 g/mol. The fourth-order valence-corrected chi connectivity index (χ4v) is 7.05. The van der Waals surface area contributed by atoms with E-state index in [9.17, 15) is 8.78 Å². The Balaban J connectivity index is 1.21. The van der Waals surface area contributed by atoms with Crippen LogP contribution >= 0.6 is 0 Å². The van der Waals surface area contributed by atoms with Crippen molar-refractivity contribution in [1.82, 2.24) is 0 Å². The predicted molar refractivity (Wildman–Crippen MR) is 163 cm³/mol. The van der Waals surface area contributed by atoms with Crippen molar-refractivity contribution in [3.8, 4) is 28.0 Å². The van der Waals surface area contributed by atoms with Crippen LogP contribution in [0.5, 0.6) is 5.75 Å². The van der Waals surface area contributed by atoms with Crippen molar-refractivity contribution in [2.24, 2.45) is 17.8 Å². The highest BCUT2D eigenvalue weighted by molar-refractivity contribution is 5.71. The van der Waals surface area contributed by atoms with Crippen molar-refractivity contribution in [3.05, 3.63) is 89.8 Å². The minimum absolute atomic E-state index is 0.0702. The van der Waals surface area contributed by atoms with Crippen LogP contribution in [-0.4, -0.2) is 6.61 Å². The number of halogens is 3. The summed E-state index contributed by atoms with van der Waals surface area (Å²) in [5.41, 5.74) is 3.04. The van der Waals surface area contributed by atoms with Gasteiger partial charge in [-0.15, -0.1) is 0 Å². The van der Waals surface area contributed by atoms with E-state index in [4.69, 9.17) is 4.74 Å². The van der Waals surface area contributed by atoms with Gasteiger partial charge in [-0.1, -0.05) is 61.9 Å². The van der Waals surface area contributed by atoms with Crippen LogP contribution < -0.4 is 4.74 Å². The van der Waals surface area contributed by atoms with Gasteiger partial charge in [0.2, 0.25) is 5.82 Å². The summed E-state index contributed by atoms with van der Waals surface area (Å²) < 4.78 is 50.1. The molecule has 3 aromatic carbocycles. The molecule has 0 radical (unpaired) electrons. The SMILES string of the molecule is C/C=C/C1CCC(C2CCC(c3ccc(-c4ccc(-c5ccc(OCCCC)c(F)c5F)cc4)c(F)c3)CC2)CC1. The third-order valence-corrected chi connectivity index (χ3v) is 9.49. The molecule has 218 valence electrons. The summed E-state index contributed by atoms with van der Waals surface area (Å²) >= 11 is 0. The number of benzene rings is 3. The van der Waals surface area contributed by atoms with Crippen LogP contribution in [0.3, 0.4) is 0 Å². The van der Waals surface area contributed by atoms with E-state index < -0.39 is 11.6 Å². The highest BCUT2D eigenvalue weighted by Gasteiger charge is 2.31. The van der Waals surface area contributed by atoms with Crippen molar-refractivity contribution >= 4 is 0 Å². The van der Waals surface area contributed by atoms with Crippen molar-refractivity contribution in [1.29, 1.82) is 0 Å². The lowest BCUT2D eigenvalue weighted by atomic mass is 9.68. The Morgan fingerprint density at radius 3 is 1.95 bits per heavy atom. The number of unbranched alkanes of at least 4 members (excludes halogenated alkanes) is 1. The molecule has 4 heteroatoms. The molecular weight excluding hydrogens is 517 g/mol. The van der Waals surface area contributed by atoms with E-state index in [0.29, 0.717) is 23.7 Å². The molecule has 2 fully saturated rings. The van der Waals surface area contributed by atoms with Crippen molar-refractivity contribution in [2.75, 3.05) is 6.61 Å². The first-order chi connectivity index (χ1) is 20.0. The van der Waals surface area contributed by atoms with Gasteiger partial charge in [-0.25, -0.2) is 8.78 Å². The van der Waals surface area contributed by atoms with Crippen LogP contribution in [0, 0.1) is 35.2 Å². The summed E-state index contributed by atoms with van der Waals surface area (Å²) in [5.74, 6) is 0.669. The Bertz CT molecular complexity index is 1310. The quantitative estimate of drug-likeness (QED) is 0.187. The predicted octanol–water partition coefficient (Wildman–Crippen LogP) is 11.3. The van der Waals surface area contributed by atoms with E-state index in [0.717, 1.165) is 54.6 Å². The molecule has 3 aromatic rings. The van der Waals surface area contributed by atoms with Crippen molar-refractivity contribution in [3.63, 3.8) is 0 Å². The van der Waals surface area contributed by atoms with Gasteiger partial charge in [0.25, 0.3) is 0 Å². The molecule has 2 aliphatic rings. The molecule has 0 bridgehead atoms. The molecule has 0 spiro atoms. The molecule has 0 unspecified atom stereocenters. The topological polar surface area (TPSA) is 9.23 Å². The second-order valence-corrected chi connectivity index (χ2v) is 12.1. The number of hydrogen-bond acceptors (Lipinski definition) is 1. The molecule has 0 saturated heterocycles. The Morgan fingerprint density at radius 1 is 0.732 bits per heavy atom. The lowest BCUT2D eigenvalue weighted by Crippen LogP contribution is -2.25. The second kappa shape index (κ2) is 13.8. The number of allylic oxidation sites excluding steroid dienone is 2. The van der Waals surface area contributed by atoms with Gasteiger partial charge < -0.3 is 4.74 Å². The van der Waals surface area contributed by atoms with Gasteiger partial charge in [-0.2, -0.15) is 4.39 Å². The van der Waals surface area contributed by atoms with Crippen LogP contribution in [0.1, 0.15) is 89.5 Å². The molecule has 2 aliphatic carbocycles. The standard InChI is InChI=1S/C37H43F3O/c1-3-5-23-41-35-22-21-33(36(39)37(35)40)30-17-15-29(16-18-30)32-20-19-31(24-34(32)38)28-13-11-27(12-14-28)26-9-7-25(6-4-2)8-10-26/h4,6,15-22,24-28H,3,5,7-14,23H2,1-2H3/b6-4+. The van der Waals surface area contributed by atoms with E-state index in [2.05, 4.69) is 25.1 Å². The van der Waals surface area contributed by atoms with Crippen LogP contribution in [-0.2, 0) is 0 Å². The summed E-state index contributed by atoms with van der Waals surface area (Å²) in [6, 6.07) is 15.6. The molecule has 0 N–H and O–H groups in total. The van der Waals surface area contributed by atoms with E-state index >= 15 is 4.39 Å². The first kappa shape index (κ1) is 29.5. The van der Waals surface area contributed by atoms with E-state index in [1.165, 1.54) is 50.7 Å². The zero-order valence-corrected chi connectivity index (χ0v) is 24.5. The van der Waals surface area contributed by atoms with Gasteiger partial charge in [0, 0.05) is 11.1 Å². The third kappa shape index (κ3) is 6.90. The number of rotatable bonds is 9. The van der Waals surface area contributed by atoms with Crippen molar-refractivity contribution < 1.29 is 17.9 Å². The van der Waals surface area contributed by atoms with Crippen molar-refractivity contribution in [2.45, 2.75) is 84.0 Å². The van der Waals surface area contributed by atoms with Gasteiger partial charge in [0.15, 0.2) is 11.6 Å². The van der Waals surface area contributed by atoms with Gasteiger partial charge in [-0.3, -0.25) is 0 Å². The molecule has 0 amide bonds. The van der Waals surface area contributed by atoms with E-state index in [-0.39, 0.29) is 17.1 Å². The highest BCUT2D eigenvalue weighted by atomic mass is 19.2. The number of ether oxygens (including phenoxy) is 1. The molecule has 0 atom stereocenters. The molecule has 5 rings (SSSR count). The van der Waals surface area contributed by atoms with Crippen LogP contribution in [0.4, 0.5) is 13.2 Å². The highest BCUT2D eigenvalue weighted by Crippen LogP contribution is 2.44. The smallest absolute Gasteiger partial charge is 0.201 e. The molecule has 41 heavy (non-hydrogen) atoms. The van der Waals surface area contributed by atoms with Gasteiger partial charge in [-0.05, 0) is 123 Å². The van der Waals surface area contributed by atoms with Crippen LogP contribution in [0.25, 0.3) is 22.3 Å². The fourth-order valence-electron chi connectivity index (χ4n) is 7.05. The first-order valence-corrected chi connectivity index (χ1v) is 15.6. The largest absolute Gasteiger partial charge is 0.490 e. The summed E-state index contributed by atoms with van der Waals surface area (Å²) in [6.45, 7) is 4.48. The maximum Gasteiger partial charge on any atom is 0.201 e. The molecule has 0 aliphatic heterocycles. The number of hydrogen-bond donors (Lipinski definition) is 0. The minimum atomic E-state index is -0.977. The van der Waals surface area contributed by atoms with Gasteiger partial charge in [0.05, 0.1) is 6.61 Å². The lowest BCUT2D eigenvalue weighted by molar-refractivity contribution is 0.171. The Labute approximate surface area is 243 Å². The minimum Gasteiger partial charge on any atom is -0.490 e. The summed E-state index contributed by atoms with van der Waals surface area (Å²) in [5, 5.41) is 0. The molecule has 1 nitrogen and oxygen atoms in total. The van der Waals surface area contributed by atoms with Gasteiger partial charge >= 0.3 is 0 Å². The summed E-state index contributed by atoms with van der Waals surface area (Å²) in [6.07, 6.45) is 16.4. The first-order valence-electron chi connectivity index (χ1n) is 15.6. The molecule has 2 saturated carbocycles. The second-order valence-electron chi connectivity index (χ2n) is 12.1. The summed E-state index contributed by atoms with van der Waals surface area (Å²) in [4.78, 5) is 0. The lowest BCUT2D eigenvalue weighted by Gasteiger charge is -2.37. The maximum atomic E-state index is 15.3. The van der Waals surface area contributed by atoms with Gasteiger partial charge in [0.1, 0.15) is 5.82 Å². The van der Waals surface area contributed by atoms with Crippen LogP contribution in [0.2, 0.25) is 0 Å². The maximum absolute atomic E-state index is 15.3. The normalized spacial score (nSPS) is 23.1. The Morgan fingerprint density at radius 2 is 1.34 bits per heavy atom. The fraction of sp³-hybridized carbons (Fsp3) is 0.459. The Kier molecular flexibility index (Phi) is 9.90. The zero-order chi connectivity index (χ0) is 28.8. The Hall–Kier alpha value is -3.01. The zero-order valence-electron chi connectivity index (χ0n) is 24.5. The molecular formula is C37H43F3O. The summed E-state index contributed by atoms with van der Waals surface area (Å²) in [7, 11) is 0. The van der Waals surface area contributed by atoms with E-state index in [1.807, 2.05) is 13.0 Å². The molecule has 0 aromatic heterocycles. The van der Waals surface area contributed by atoms with Crippen LogP contribution in [0.15, 0.2) is 66.7 Å². The average Bonchev–Trinajstić information content (AvgIpc) is 3.00. The third-order valence-electron chi connectivity index (χ3n) is 9.49. The van der Waals surface area contributed by atoms with E-state index in [1.54, 1.807) is 30.3 Å². The monoisotopic (exact) mass is 560 g/mol. The molecule has 0 heterocycles.